The molecule has 1 saturated heterocycles. The number of carbonyl (C=O) groups is 1. The van der Waals surface area contributed by atoms with Crippen molar-refractivity contribution in [2.45, 2.75) is 31.4 Å². The van der Waals surface area contributed by atoms with Crippen LogP contribution in [0, 0.1) is 0 Å². The third-order valence-electron chi connectivity index (χ3n) is 5.55. The summed E-state index contributed by atoms with van der Waals surface area (Å²) in [5.74, 6) is -0.0735. The fourth-order valence-electron chi connectivity index (χ4n) is 3.93. The Morgan fingerprint density at radius 1 is 1.13 bits per heavy atom. The molecule has 4 rings (SSSR count). The van der Waals surface area contributed by atoms with E-state index in [0.29, 0.717) is 18.7 Å². The first-order valence-corrected chi connectivity index (χ1v) is 9.92. The molecule has 3 aromatic rings. The van der Waals surface area contributed by atoms with Crippen LogP contribution in [0.15, 0.2) is 67.3 Å². The van der Waals surface area contributed by atoms with E-state index in [9.17, 15) is 18.0 Å². The summed E-state index contributed by atoms with van der Waals surface area (Å²) >= 11 is 0. The lowest BCUT2D eigenvalue weighted by atomic mass is 9.89. The van der Waals surface area contributed by atoms with Gasteiger partial charge in [-0.3, -0.25) is 4.79 Å². The van der Waals surface area contributed by atoms with Gasteiger partial charge in [0.25, 0.3) is 0 Å². The first kappa shape index (κ1) is 20.2. The summed E-state index contributed by atoms with van der Waals surface area (Å²) in [5, 5.41) is 0. The van der Waals surface area contributed by atoms with Gasteiger partial charge >= 0.3 is 6.18 Å². The van der Waals surface area contributed by atoms with E-state index in [1.54, 1.807) is 23.5 Å². The number of alkyl halides is 3. The lowest BCUT2D eigenvalue weighted by Crippen LogP contribution is -2.40. The van der Waals surface area contributed by atoms with Crippen LogP contribution in [0.1, 0.15) is 35.4 Å². The van der Waals surface area contributed by atoms with Gasteiger partial charge in [-0.1, -0.05) is 30.3 Å². The van der Waals surface area contributed by atoms with Gasteiger partial charge in [-0.15, -0.1) is 0 Å². The van der Waals surface area contributed by atoms with Crippen LogP contribution in [0.2, 0.25) is 0 Å². The zero-order valence-corrected chi connectivity index (χ0v) is 16.3. The maximum atomic E-state index is 13.0. The summed E-state index contributed by atoms with van der Waals surface area (Å²) < 4.78 is 41.0. The van der Waals surface area contributed by atoms with Crippen molar-refractivity contribution in [3.63, 3.8) is 0 Å². The number of amides is 1. The number of aromatic nitrogens is 2. The molecule has 1 fully saturated rings. The van der Waals surface area contributed by atoms with E-state index in [0.717, 1.165) is 30.2 Å². The Hall–Kier alpha value is -3.09. The molecule has 4 nitrogen and oxygen atoms in total. The molecule has 0 N–H and O–H groups in total. The van der Waals surface area contributed by atoms with E-state index in [1.807, 2.05) is 35.0 Å². The molecule has 0 aliphatic carbocycles. The predicted molar refractivity (Wildman–Crippen MR) is 107 cm³/mol. The summed E-state index contributed by atoms with van der Waals surface area (Å²) in [5.41, 5.74) is 1.88. The molecule has 0 saturated carbocycles. The number of hydrogen-bond acceptors (Lipinski definition) is 2. The molecule has 1 amide bonds. The molecule has 1 aliphatic rings. The monoisotopic (exact) mass is 413 g/mol. The summed E-state index contributed by atoms with van der Waals surface area (Å²) in [6.07, 6.45) is 2.75. The zero-order chi connectivity index (χ0) is 21.1. The minimum Gasteiger partial charge on any atom is -0.342 e. The molecule has 2 aromatic carbocycles. The van der Waals surface area contributed by atoms with Gasteiger partial charge < -0.3 is 9.47 Å². The Morgan fingerprint density at radius 2 is 1.93 bits per heavy atom. The summed E-state index contributed by atoms with van der Waals surface area (Å²) in [7, 11) is 0. The number of likely N-dealkylation sites (tertiary alicyclic amines) is 1. The maximum absolute atomic E-state index is 13.0. The van der Waals surface area contributed by atoms with Crippen molar-refractivity contribution in [1.82, 2.24) is 14.5 Å². The van der Waals surface area contributed by atoms with Gasteiger partial charge in [0.05, 0.1) is 18.3 Å². The number of hydrogen-bond donors (Lipinski definition) is 0. The number of benzene rings is 2. The van der Waals surface area contributed by atoms with Gasteiger partial charge in [-0.2, -0.15) is 13.2 Å². The Labute approximate surface area is 173 Å². The molecule has 2 heterocycles. The average molecular weight is 413 g/mol. The van der Waals surface area contributed by atoms with E-state index in [-0.39, 0.29) is 18.2 Å². The van der Waals surface area contributed by atoms with Gasteiger partial charge in [0, 0.05) is 37.1 Å². The molecule has 156 valence electrons. The highest BCUT2D eigenvalue weighted by Gasteiger charge is 2.32. The van der Waals surface area contributed by atoms with Crippen molar-refractivity contribution in [2.24, 2.45) is 0 Å². The average Bonchev–Trinajstić information content (AvgIpc) is 3.29. The van der Waals surface area contributed by atoms with Crippen LogP contribution in [-0.2, 0) is 17.4 Å². The lowest BCUT2D eigenvalue weighted by Gasteiger charge is -2.33. The van der Waals surface area contributed by atoms with E-state index in [1.165, 1.54) is 12.1 Å². The van der Waals surface area contributed by atoms with Crippen LogP contribution in [0.25, 0.3) is 5.69 Å². The quantitative estimate of drug-likeness (QED) is 0.614. The van der Waals surface area contributed by atoms with Crippen LogP contribution < -0.4 is 0 Å². The Bertz CT molecular complexity index is 997. The SMILES string of the molecule is O=C(Cc1ccc(-n2ccnc2)cc1)N1CCCC(c2cccc(C(F)(F)F)c2)C1. The van der Waals surface area contributed by atoms with Gasteiger partial charge in [0.1, 0.15) is 0 Å². The number of carbonyl (C=O) groups excluding carboxylic acids is 1. The largest absolute Gasteiger partial charge is 0.416 e. The van der Waals surface area contributed by atoms with Crippen LogP contribution in [-0.4, -0.2) is 33.4 Å². The second-order valence-electron chi connectivity index (χ2n) is 7.62. The van der Waals surface area contributed by atoms with Gasteiger partial charge in [-0.25, -0.2) is 4.98 Å². The highest BCUT2D eigenvalue weighted by molar-refractivity contribution is 5.79. The molecule has 0 bridgehead atoms. The minimum absolute atomic E-state index is 0.00190. The minimum atomic E-state index is -4.36. The van der Waals surface area contributed by atoms with Crippen molar-refractivity contribution >= 4 is 5.91 Å². The normalized spacial score (nSPS) is 17.2. The van der Waals surface area contributed by atoms with Crippen molar-refractivity contribution in [2.75, 3.05) is 13.1 Å². The summed E-state index contributed by atoms with van der Waals surface area (Å²) in [4.78, 5) is 18.6. The van der Waals surface area contributed by atoms with Gasteiger partial charge in [0.2, 0.25) is 5.91 Å². The topological polar surface area (TPSA) is 38.1 Å². The molecule has 1 unspecified atom stereocenters. The molecule has 7 heteroatoms. The van der Waals surface area contributed by atoms with Crippen molar-refractivity contribution in [3.05, 3.63) is 83.9 Å². The number of nitrogens with zero attached hydrogens (tertiary/aromatic N) is 3. The third-order valence-corrected chi connectivity index (χ3v) is 5.55. The Morgan fingerprint density at radius 3 is 2.63 bits per heavy atom. The first-order chi connectivity index (χ1) is 14.4. The van der Waals surface area contributed by atoms with Crippen LogP contribution >= 0.6 is 0 Å². The number of rotatable bonds is 4. The maximum Gasteiger partial charge on any atom is 0.416 e. The molecule has 1 aliphatic heterocycles. The molecule has 1 aromatic heterocycles. The van der Waals surface area contributed by atoms with Crippen molar-refractivity contribution in [1.29, 1.82) is 0 Å². The Kier molecular flexibility index (Phi) is 5.61. The molecular weight excluding hydrogens is 391 g/mol. The van der Waals surface area contributed by atoms with E-state index >= 15 is 0 Å². The smallest absolute Gasteiger partial charge is 0.342 e. The highest BCUT2D eigenvalue weighted by Crippen LogP contribution is 2.33. The molecule has 30 heavy (non-hydrogen) atoms. The van der Waals surface area contributed by atoms with E-state index in [2.05, 4.69) is 4.98 Å². The molecule has 0 radical (unpaired) electrons. The first-order valence-electron chi connectivity index (χ1n) is 9.92. The van der Waals surface area contributed by atoms with Crippen molar-refractivity contribution < 1.29 is 18.0 Å². The van der Waals surface area contributed by atoms with Gasteiger partial charge in [0.15, 0.2) is 0 Å². The zero-order valence-electron chi connectivity index (χ0n) is 16.3. The second-order valence-corrected chi connectivity index (χ2v) is 7.62. The number of halogens is 3. The number of piperidine rings is 1. The molecular formula is C23H22F3N3O. The highest BCUT2D eigenvalue weighted by atomic mass is 19.4. The lowest BCUT2D eigenvalue weighted by molar-refractivity contribution is -0.137. The standard InChI is InChI=1S/C23H22F3N3O/c24-23(25,26)20-5-1-3-18(14-20)19-4-2-11-28(15-19)22(30)13-17-6-8-21(9-7-17)29-12-10-27-16-29/h1,3,5-10,12,14,16,19H,2,4,11,13,15H2. The van der Waals surface area contributed by atoms with Crippen LogP contribution in [0.3, 0.4) is 0 Å². The summed E-state index contributed by atoms with van der Waals surface area (Å²) in [6, 6.07) is 13.2. The Balaban J connectivity index is 1.41. The predicted octanol–water partition coefficient (Wildman–Crippen LogP) is 4.84. The molecule has 1 atom stereocenters. The van der Waals surface area contributed by atoms with E-state index < -0.39 is 11.7 Å². The fourth-order valence-corrected chi connectivity index (χ4v) is 3.93. The second kappa shape index (κ2) is 8.34. The van der Waals surface area contributed by atoms with Gasteiger partial charge in [-0.05, 0) is 42.2 Å². The molecule has 0 spiro atoms. The van der Waals surface area contributed by atoms with Crippen LogP contribution in [0.4, 0.5) is 13.2 Å². The number of imidazole rings is 1. The summed E-state index contributed by atoms with van der Waals surface area (Å²) in [6.45, 7) is 1.09. The fraction of sp³-hybridized carbons (Fsp3) is 0.304. The van der Waals surface area contributed by atoms with Crippen molar-refractivity contribution in [3.8, 4) is 5.69 Å². The van der Waals surface area contributed by atoms with E-state index in [4.69, 9.17) is 0 Å². The van der Waals surface area contributed by atoms with Crippen LogP contribution in [0.5, 0.6) is 0 Å². The third kappa shape index (κ3) is 4.56.